The number of rotatable bonds is 2. The predicted molar refractivity (Wildman–Crippen MR) is 101 cm³/mol. The van der Waals surface area contributed by atoms with Crippen molar-refractivity contribution in [1.82, 2.24) is 0 Å². The Morgan fingerprint density at radius 2 is 1.78 bits per heavy atom. The highest BCUT2D eigenvalue weighted by Gasteiger charge is 2.61. The van der Waals surface area contributed by atoms with Gasteiger partial charge in [0.05, 0.1) is 5.41 Å². The van der Waals surface area contributed by atoms with Crippen LogP contribution < -0.4 is 0 Å². The molecular formula is C23H30O4. The van der Waals surface area contributed by atoms with E-state index in [1.807, 2.05) is 0 Å². The lowest BCUT2D eigenvalue weighted by atomic mass is 9.47. The van der Waals surface area contributed by atoms with Gasteiger partial charge in [-0.15, -0.1) is 0 Å². The SMILES string of the molecule is CC(=O)OC1=CC(=O)C=C2CC[C@@H]3[C@H](CC[C@]4(C)[C@@H](C(C)=O)CC[C@@H]34)[C@]21C. The summed E-state index contributed by atoms with van der Waals surface area (Å²) in [5, 5.41) is 0. The number of hydrogen-bond acceptors (Lipinski definition) is 4. The molecule has 4 aliphatic carbocycles. The zero-order valence-corrected chi connectivity index (χ0v) is 16.8. The van der Waals surface area contributed by atoms with Gasteiger partial charge in [0, 0.05) is 18.9 Å². The summed E-state index contributed by atoms with van der Waals surface area (Å²) in [7, 11) is 0. The molecule has 6 atom stereocenters. The number of Topliss-reactive ketones (excluding diaryl/α,β-unsaturated/α-hetero) is 1. The maximum atomic E-state index is 12.3. The Balaban J connectivity index is 1.72. The summed E-state index contributed by atoms with van der Waals surface area (Å²) in [6, 6.07) is 0. The molecule has 0 saturated heterocycles. The van der Waals surface area contributed by atoms with E-state index in [0.29, 0.717) is 29.3 Å². The van der Waals surface area contributed by atoms with Gasteiger partial charge in [-0.25, -0.2) is 0 Å². The van der Waals surface area contributed by atoms with E-state index in [0.717, 1.165) is 44.1 Å². The van der Waals surface area contributed by atoms with Crippen molar-refractivity contribution in [1.29, 1.82) is 0 Å². The van der Waals surface area contributed by atoms with Crippen LogP contribution in [0.15, 0.2) is 23.5 Å². The van der Waals surface area contributed by atoms with Crippen LogP contribution in [0.2, 0.25) is 0 Å². The Morgan fingerprint density at radius 3 is 2.44 bits per heavy atom. The zero-order chi connectivity index (χ0) is 19.6. The summed E-state index contributed by atoms with van der Waals surface area (Å²) in [6.45, 7) is 7.64. The van der Waals surface area contributed by atoms with Gasteiger partial charge in [0.2, 0.25) is 0 Å². The molecule has 0 heterocycles. The summed E-state index contributed by atoms with van der Waals surface area (Å²) in [5.74, 6) is 2.04. The van der Waals surface area contributed by atoms with Crippen LogP contribution in [0.25, 0.3) is 0 Å². The second kappa shape index (κ2) is 6.15. The summed E-state index contributed by atoms with van der Waals surface area (Å²) in [6.07, 6.45) is 9.40. The Hall–Kier alpha value is -1.71. The molecule has 4 heteroatoms. The third kappa shape index (κ3) is 2.59. The van der Waals surface area contributed by atoms with E-state index in [2.05, 4.69) is 13.8 Å². The van der Waals surface area contributed by atoms with E-state index in [9.17, 15) is 14.4 Å². The molecule has 0 aliphatic heterocycles. The van der Waals surface area contributed by atoms with Gasteiger partial charge < -0.3 is 4.74 Å². The third-order valence-electron chi connectivity index (χ3n) is 8.44. The monoisotopic (exact) mass is 370 g/mol. The summed E-state index contributed by atoms with van der Waals surface area (Å²) in [4.78, 5) is 36.2. The van der Waals surface area contributed by atoms with E-state index >= 15 is 0 Å². The Morgan fingerprint density at radius 1 is 1.04 bits per heavy atom. The van der Waals surface area contributed by atoms with E-state index in [1.54, 1.807) is 13.0 Å². The number of ether oxygens (including phenoxy) is 1. The largest absolute Gasteiger partial charge is 0.430 e. The lowest BCUT2D eigenvalue weighted by Crippen LogP contribution is -2.51. The van der Waals surface area contributed by atoms with Crippen LogP contribution in [0.3, 0.4) is 0 Å². The minimum Gasteiger partial charge on any atom is -0.430 e. The molecule has 4 aliphatic rings. The van der Waals surface area contributed by atoms with Crippen molar-refractivity contribution in [3.05, 3.63) is 23.5 Å². The fourth-order valence-corrected chi connectivity index (χ4v) is 7.24. The van der Waals surface area contributed by atoms with Gasteiger partial charge in [-0.2, -0.15) is 0 Å². The number of carbonyl (C=O) groups excluding carboxylic acids is 3. The van der Waals surface area contributed by atoms with Crippen molar-refractivity contribution in [2.45, 2.75) is 66.2 Å². The Labute approximate surface area is 161 Å². The average molecular weight is 370 g/mol. The molecule has 146 valence electrons. The van der Waals surface area contributed by atoms with Crippen LogP contribution in [0, 0.1) is 34.5 Å². The standard InChI is InChI=1S/C23H30O4/c1-13(24)18-7-8-19-17-6-5-15-11-16(26)12-21(27-14(2)25)23(15,4)20(17)9-10-22(18,19)3/h11-12,17-20H,5-10H2,1-4H3/t17-,18+,19-,20-,22+,23-/m0/s1. The number of allylic oxidation sites excluding steroid dienone is 3. The Bertz CT molecular complexity index is 775. The highest BCUT2D eigenvalue weighted by molar-refractivity contribution is 6.02. The first kappa shape index (κ1) is 18.6. The van der Waals surface area contributed by atoms with Gasteiger partial charge in [0.1, 0.15) is 11.5 Å². The summed E-state index contributed by atoms with van der Waals surface area (Å²) in [5.41, 5.74) is 0.843. The van der Waals surface area contributed by atoms with Crippen molar-refractivity contribution in [3.63, 3.8) is 0 Å². The molecule has 27 heavy (non-hydrogen) atoms. The zero-order valence-electron chi connectivity index (χ0n) is 16.8. The summed E-state index contributed by atoms with van der Waals surface area (Å²) >= 11 is 0. The van der Waals surface area contributed by atoms with Crippen LogP contribution in [0.1, 0.15) is 66.2 Å². The molecule has 0 unspecified atom stereocenters. The van der Waals surface area contributed by atoms with E-state index in [-0.39, 0.29) is 28.5 Å². The molecule has 3 saturated carbocycles. The average Bonchev–Trinajstić information content (AvgIpc) is 2.93. The van der Waals surface area contributed by atoms with Crippen LogP contribution in [0.4, 0.5) is 0 Å². The molecule has 0 bridgehead atoms. The number of hydrogen-bond donors (Lipinski definition) is 0. The molecule has 4 rings (SSSR count). The first-order valence-corrected chi connectivity index (χ1v) is 10.3. The maximum Gasteiger partial charge on any atom is 0.307 e. The normalized spacial score (nSPS) is 43.0. The van der Waals surface area contributed by atoms with E-state index in [4.69, 9.17) is 4.74 Å². The highest BCUT2D eigenvalue weighted by atomic mass is 16.5. The van der Waals surface area contributed by atoms with Crippen LogP contribution >= 0.6 is 0 Å². The Kier molecular flexibility index (Phi) is 4.25. The van der Waals surface area contributed by atoms with Gasteiger partial charge in [-0.05, 0) is 81.6 Å². The number of ketones is 2. The quantitative estimate of drug-likeness (QED) is 0.676. The first-order valence-electron chi connectivity index (χ1n) is 10.3. The molecule has 0 amide bonds. The van der Waals surface area contributed by atoms with Gasteiger partial charge >= 0.3 is 5.97 Å². The second-order valence-electron chi connectivity index (χ2n) is 9.58. The van der Waals surface area contributed by atoms with Crippen LogP contribution in [-0.4, -0.2) is 17.5 Å². The highest BCUT2D eigenvalue weighted by Crippen LogP contribution is 2.67. The molecule has 0 radical (unpaired) electrons. The molecule has 4 nitrogen and oxygen atoms in total. The van der Waals surface area contributed by atoms with Crippen molar-refractivity contribution in [2.75, 3.05) is 0 Å². The fourth-order valence-electron chi connectivity index (χ4n) is 7.24. The van der Waals surface area contributed by atoms with Gasteiger partial charge in [0.15, 0.2) is 5.78 Å². The number of carbonyl (C=O) groups is 3. The van der Waals surface area contributed by atoms with Gasteiger partial charge in [0.25, 0.3) is 0 Å². The number of fused-ring (bicyclic) bond motifs is 5. The lowest BCUT2D eigenvalue weighted by Gasteiger charge is -2.57. The summed E-state index contributed by atoms with van der Waals surface area (Å²) < 4.78 is 5.59. The van der Waals surface area contributed by atoms with Crippen LogP contribution in [-0.2, 0) is 19.1 Å². The molecule has 0 spiro atoms. The second-order valence-corrected chi connectivity index (χ2v) is 9.58. The van der Waals surface area contributed by atoms with E-state index < -0.39 is 0 Å². The molecule has 0 aromatic carbocycles. The van der Waals surface area contributed by atoms with Crippen molar-refractivity contribution >= 4 is 17.5 Å². The minimum absolute atomic E-state index is 0.0738. The van der Waals surface area contributed by atoms with E-state index in [1.165, 1.54) is 13.0 Å². The van der Waals surface area contributed by atoms with Crippen molar-refractivity contribution in [2.24, 2.45) is 34.5 Å². The fraction of sp³-hybridized carbons (Fsp3) is 0.696. The lowest BCUT2D eigenvalue weighted by molar-refractivity contribution is -0.141. The number of esters is 1. The molecule has 0 aromatic rings. The molecule has 0 aromatic heterocycles. The maximum absolute atomic E-state index is 12.3. The molecule has 3 fully saturated rings. The molecular weight excluding hydrogens is 340 g/mol. The van der Waals surface area contributed by atoms with Crippen molar-refractivity contribution in [3.8, 4) is 0 Å². The third-order valence-corrected chi connectivity index (χ3v) is 8.44. The van der Waals surface area contributed by atoms with Gasteiger partial charge in [-0.3, -0.25) is 14.4 Å². The predicted octanol–water partition coefficient (Wildman–Crippen LogP) is 4.39. The smallest absolute Gasteiger partial charge is 0.307 e. The van der Waals surface area contributed by atoms with Crippen LogP contribution in [0.5, 0.6) is 0 Å². The molecule has 0 N–H and O–H groups in total. The topological polar surface area (TPSA) is 60.4 Å². The van der Waals surface area contributed by atoms with Crippen molar-refractivity contribution < 1.29 is 19.1 Å². The van der Waals surface area contributed by atoms with Gasteiger partial charge in [-0.1, -0.05) is 12.5 Å². The first-order chi connectivity index (χ1) is 12.7. The minimum atomic E-state index is -0.377.